The van der Waals surface area contributed by atoms with E-state index in [-0.39, 0.29) is 12.0 Å². The first-order valence-corrected chi connectivity index (χ1v) is 7.69. The van der Waals surface area contributed by atoms with Gasteiger partial charge < -0.3 is 4.74 Å². The Morgan fingerprint density at radius 3 is 2.45 bits per heavy atom. The molecule has 0 unspecified atom stereocenters. The summed E-state index contributed by atoms with van der Waals surface area (Å²) >= 11 is 0. The lowest BCUT2D eigenvalue weighted by atomic mass is 9.98. The van der Waals surface area contributed by atoms with E-state index in [1.807, 2.05) is 34.6 Å². The van der Waals surface area contributed by atoms with E-state index in [1.165, 1.54) is 13.2 Å². The van der Waals surface area contributed by atoms with Crippen LogP contribution in [-0.4, -0.2) is 21.0 Å². The molecule has 0 aliphatic rings. The summed E-state index contributed by atoms with van der Waals surface area (Å²) in [5.41, 5.74) is 0.583. The van der Waals surface area contributed by atoms with Crippen LogP contribution >= 0.6 is 0 Å². The molecule has 4 nitrogen and oxygen atoms in total. The van der Waals surface area contributed by atoms with Crippen LogP contribution in [0.2, 0.25) is 0 Å². The minimum atomic E-state index is -1.26. The van der Waals surface area contributed by atoms with Crippen molar-refractivity contribution in [2.75, 3.05) is 7.11 Å². The van der Waals surface area contributed by atoms with Gasteiger partial charge >= 0.3 is 0 Å². The Bertz CT molecular complexity index is 487. The van der Waals surface area contributed by atoms with Gasteiger partial charge in [0.1, 0.15) is 5.82 Å². The maximum atomic E-state index is 13.5. The van der Waals surface area contributed by atoms with E-state index in [9.17, 15) is 8.60 Å². The van der Waals surface area contributed by atoms with Crippen molar-refractivity contribution in [1.82, 2.24) is 9.71 Å². The third kappa shape index (κ3) is 4.24. The molecule has 0 aliphatic heterocycles. The monoisotopic (exact) mass is 302 g/mol. The van der Waals surface area contributed by atoms with Crippen LogP contribution in [0.4, 0.5) is 4.39 Å². The van der Waals surface area contributed by atoms with Gasteiger partial charge in [-0.15, -0.1) is 0 Å². The van der Waals surface area contributed by atoms with Crippen LogP contribution in [0.5, 0.6) is 5.88 Å². The molecular weight excluding hydrogens is 279 g/mol. The van der Waals surface area contributed by atoms with Gasteiger partial charge in [-0.25, -0.2) is 18.3 Å². The molecule has 0 fully saturated rings. The molecule has 114 valence electrons. The molecule has 1 N–H and O–H groups in total. The number of ether oxygens (including phenoxy) is 1. The summed E-state index contributed by atoms with van der Waals surface area (Å²) in [5, 5.41) is 0. The molecule has 0 bridgehead atoms. The first kappa shape index (κ1) is 17.0. The number of hydrogen-bond donors (Lipinski definition) is 1. The Balaban J connectivity index is 3.15. The van der Waals surface area contributed by atoms with Crippen molar-refractivity contribution in [2.45, 2.75) is 45.4 Å². The fourth-order valence-electron chi connectivity index (χ4n) is 1.69. The summed E-state index contributed by atoms with van der Waals surface area (Å²) in [6.45, 7) is 9.60. The molecular formula is C14H23FN2O2S. The number of methoxy groups -OCH3 is 1. The maximum absolute atomic E-state index is 13.5. The van der Waals surface area contributed by atoms with E-state index < -0.39 is 21.5 Å². The van der Waals surface area contributed by atoms with Crippen molar-refractivity contribution in [3.05, 3.63) is 23.6 Å². The Labute approximate surface area is 122 Å². The van der Waals surface area contributed by atoms with E-state index >= 15 is 0 Å². The summed E-state index contributed by atoms with van der Waals surface area (Å²) < 4.78 is 33.6. The van der Waals surface area contributed by atoms with E-state index in [0.29, 0.717) is 11.4 Å². The Morgan fingerprint density at radius 2 is 2.00 bits per heavy atom. The topological polar surface area (TPSA) is 51.2 Å². The lowest BCUT2D eigenvalue weighted by Gasteiger charge is -2.27. The molecule has 0 saturated carbocycles. The second-order valence-electron chi connectivity index (χ2n) is 5.97. The zero-order valence-electron chi connectivity index (χ0n) is 12.9. The van der Waals surface area contributed by atoms with Gasteiger partial charge in [0.2, 0.25) is 5.88 Å². The van der Waals surface area contributed by atoms with E-state index in [1.54, 1.807) is 0 Å². The van der Waals surface area contributed by atoms with Gasteiger partial charge in [0, 0.05) is 5.56 Å². The van der Waals surface area contributed by atoms with Crippen LogP contribution in [0.3, 0.4) is 0 Å². The molecule has 2 atom stereocenters. The van der Waals surface area contributed by atoms with Crippen molar-refractivity contribution in [3.63, 3.8) is 0 Å². The Hall–Kier alpha value is -1.01. The summed E-state index contributed by atoms with van der Waals surface area (Å²) in [7, 11) is 0.227. The molecule has 1 heterocycles. The number of hydrogen-bond acceptors (Lipinski definition) is 3. The smallest absolute Gasteiger partial charge is 0.218 e. The van der Waals surface area contributed by atoms with Gasteiger partial charge in [-0.1, -0.05) is 13.8 Å². The summed E-state index contributed by atoms with van der Waals surface area (Å²) in [6.07, 6.45) is 1.11. The molecule has 1 aromatic rings. The average molecular weight is 302 g/mol. The fraction of sp³-hybridized carbons (Fsp3) is 0.643. The van der Waals surface area contributed by atoms with Crippen molar-refractivity contribution < 1.29 is 13.3 Å². The Morgan fingerprint density at radius 1 is 1.40 bits per heavy atom. The molecule has 0 spiro atoms. The highest BCUT2D eigenvalue weighted by Gasteiger charge is 2.27. The van der Waals surface area contributed by atoms with Crippen LogP contribution in [0.15, 0.2) is 12.3 Å². The van der Waals surface area contributed by atoms with Crippen LogP contribution in [0, 0.1) is 11.7 Å². The number of pyridine rings is 1. The number of aromatic nitrogens is 1. The first-order chi connectivity index (χ1) is 9.16. The molecule has 0 saturated heterocycles. The van der Waals surface area contributed by atoms with Gasteiger partial charge in [0.15, 0.2) is 0 Å². The average Bonchev–Trinajstić information content (AvgIpc) is 2.33. The normalized spacial score (nSPS) is 15.2. The van der Waals surface area contributed by atoms with Gasteiger partial charge in [-0.2, -0.15) is 0 Å². The van der Waals surface area contributed by atoms with Crippen LogP contribution in [-0.2, 0) is 11.0 Å². The van der Waals surface area contributed by atoms with Gasteiger partial charge in [0.25, 0.3) is 0 Å². The lowest BCUT2D eigenvalue weighted by molar-refractivity contribution is 0.372. The summed E-state index contributed by atoms with van der Waals surface area (Å²) in [4.78, 5) is 3.93. The standard InChI is InChI=1S/C14H23FN2O2S/c1-9(2)12(17-20(18)14(3,4)5)11-7-10(15)8-16-13(11)19-6/h7-9,12,17H,1-6H3/t12-,20-/m1/s1. The predicted octanol–water partition coefficient (Wildman–Crippen LogP) is 2.98. The van der Waals surface area contributed by atoms with Crippen molar-refractivity contribution in [1.29, 1.82) is 0 Å². The molecule has 0 aliphatic carbocycles. The molecule has 1 aromatic heterocycles. The highest BCUT2D eigenvalue weighted by atomic mass is 32.2. The molecule has 20 heavy (non-hydrogen) atoms. The number of nitrogens with zero attached hydrogens (tertiary/aromatic N) is 1. The third-order valence-electron chi connectivity index (χ3n) is 2.83. The van der Waals surface area contributed by atoms with Gasteiger partial charge in [-0.05, 0) is 32.8 Å². The second kappa shape index (κ2) is 6.63. The number of halogens is 1. The zero-order chi connectivity index (χ0) is 15.5. The van der Waals surface area contributed by atoms with Gasteiger partial charge in [-0.3, -0.25) is 0 Å². The van der Waals surface area contributed by atoms with Crippen molar-refractivity contribution in [2.24, 2.45) is 5.92 Å². The molecule has 0 radical (unpaired) electrons. The summed E-state index contributed by atoms with van der Waals surface area (Å²) in [5.74, 6) is 0.0251. The molecule has 0 aromatic carbocycles. The predicted molar refractivity (Wildman–Crippen MR) is 79.4 cm³/mol. The zero-order valence-corrected chi connectivity index (χ0v) is 13.7. The number of rotatable bonds is 5. The molecule has 1 rings (SSSR count). The second-order valence-corrected chi connectivity index (χ2v) is 7.97. The third-order valence-corrected chi connectivity index (χ3v) is 4.41. The van der Waals surface area contributed by atoms with Gasteiger partial charge in [0.05, 0.1) is 35.1 Å². The van der Waals surface area contributed by atoms with E-state index in [0.717, 1.165) is 6.20 Å². The quantitative estimate of drug-likeness (QED) is 0.909. The van der Waals surface area contributed by atoms with E-state index in [4.69, 9.17) is 4.74 Å². The maximum Gasteiger partial charge on any atom is 0.218 e. The van der Waals surface area contributed by atoms with Crippen LogP contribution in [0.1, 0.15) is 46.2 Å². The first-order valence-electron chi connectivity index (χ1n) is 6.54. The highest BCUT2D eigenvalue weighted by molar-refractivity contribution is 7.84. The van der Waals surface area contributed by atoms with Crippen molar-refractivity contribution in [3.8, 4) is 5.88 Å². The van der Waals surface area contributed by atoms with Crippen molar-refractivity contribution >= 4 is 11.0 Å². The molecule has 6 heteroatoms. The summed E-state index contributed by atoms with van der Waals surface area (Å²) in [6, 6.07) is 1.08. The minimum Gasteiger partial charge on any atom is -0.481 e. The SMILES string of the molecule is COc1ncc(F)cc1[C@H](N[S@](=O)C(C)(C)C)C(C)C. The van der Waals surface area contributed by atoms with E-state index in [2.05, 4.69) is 9.71 Å². The lowest BCUT2D eigenvalue weighted by Crippen LogP contribution is -2.37. The van der Waals surface area contributed by atoms with Crippen LogP contribution in [0.25, 0.3) is 0 Å². The van der Waals surface area contributed by atoms with Crippen LogP contribution < -0.4 is 9.46 Å². The Kier molecular flexibility index (Phi) is 5.65. The molecule has 0 amide bonds. The fourth-order valence-corrected chi connectivity index (χ4v) is 2.67. The largest absolute Gasteiger partial charge is 0.481 e. The minimum absolute atomic E-state index is 0.110. The number of nitrogens with one attached hydrogen (secondary N) is 1. The highest BCUT2D eigenvalue weighted by Crippen LogP contribution is 2.30.